The summed E-state index contributed by atoms with van der Waals surface area (Å²) in [6.45, 7) is 3.11. The van der Waals surface area contributed by atoms with Gasteiger partial charge >= 0.3 is 0 Å². The summed E-state index contributed by atoms with van der Waals surface area (Å²) in [7, 11) is 0. The van der Waals surface area contributed by atoms with E-state index >= 15 is 0 Å². The molecule has 0 aromatic heterocycles. The van der Waals surface area contributed by atoms with Gasteiger partial charge in [0.2, 0.25) is 5.91 Å². The van der Waals surface area contributed by atoms with Crippen molar-refractivity contribution in [2.75, 3.05) is 6.54 Å². The van der Waals surface area contributed by atoms with Gasteiger partial charge in [0.25, 0.3) is 0 Å². The minimum atomic E-state index is 0.0399. The van der Waals surface area contributed by atoms with Crippen LogP contribution in [0.2, 0.25) is 0 Å². The molecule has 1 saturated heterocycles. The molecule has 2 aliphatic rings. The first-order valence-electron chi connectivity index (χ1n) is 5.04. The largest absolute Gasteiger partial charge is 0.355 e. The Morgan fingerprint density at radius 3 is 2.50 bits per heavy atom. The number of nitrogens with one attached hydrogen (secondary N) is 1. The average Bonchev–Trinajstić information content (AvgIpc) is 2.36. The molecule has 0 aromatic rings. The van der Waals surface area contributed by atoms with Gasteiger partial charge in [0, 0.05) is 6.54 Å². The summed E-state index contributed by atoms with van der Waals surface area (Å²) in [5, 5.41) is 2.99. The Labute approximate surface area is 73.7 Å². The third-order valence-electron chi connectivity index (χ3n) is 3.71. The fourth-order valence-corrected chi connectivity index (χ4v) is 2.74. The molecule has 2 rings (SSSR count). The van der Waals surface area contributed by atoms with E-state index in [1.807, 2.05) is 0 Å². The first-order chi connectivity index (χ1) is 5.76. The van der Waals surface area contributed by atoms with Crippen molar-refractivity contribution in [1.82, 2.24) is 5.32 Å². The summed E-state index contributed by atoms with van der Waals surface area (Å²) in [6.07, 6.45) is 6.07. The molecular formula is C10H17NO. The molecule has 1 amide bonds. The van der Waals surface area contributed by atoms with Crippen LogP contribution in [-0.2, 0) is 4.79 Å². The standard InChI is InChI=1S/C10H17NO/c1-8-7-11-9(12)10(8)5-3-2-4-6-10/h8H,2-7H2,1H3,(H,11,12). The van der Waals surface area contributed by atoms with Gasteiger partial charge in [-0.3, -0.25) is 4.79 Å². The Morgan fingerprint density at radius 2 is 2.00 bits per heavy atom. The Balaban J connectivity index is 2.20. The smallest absolute Gasteiger partial charge is 0.226 e. The third kappa shape index (κ3) is 0.970. The molecule has 1 heterocycles. The summed E-state index contributed by atoms with van der Waals surface area (Å²) in [5.41, 5.74) is 0.0399. The average molecular weight is 167 g/mol. The maximum Gasteiger partial charge on any atom is 0.226 e. The lowest BCUT2D eigenvalue weighted by molar-refractivity contribution is -0.130. The fourth-order valence-electron chi connectivity index (χ4n) is 2.74. The Morgan fingerprint density at radius 1 is 1.33 bits per heavy atom. The van der Waals surface area contributed by atoms with Gasteiger partial charge in [-0.15, -0.1) is 0 Å². The normalized spacial score (nSPS) is 33.8. The van der Waals surface area contributed by atoms with Crippen molar-refractivity contribution in [2.24, 2.45) is 11.3 Å². The molecule has 0 radical (unpaired) electrons. The summed E-state index contributed by atoms with van der Waals surface area (Å²) >= 11 is 0. The number of rotatable bonds is 0. The van der Waals surface area contributed by atoms with E-state index in [0.717, 1.165) is 19.4 Å². The Kier molecular flexibility index (Phi) is 1.85. The molecule has 1 N–H and O–H groups in total. The van der Waals surface area contributed by atoms with Crippen LogP contribution in [0, 0.1) is 11.3 Å². The van der Waals surface area contributed by atoms with Crippen molar-refractivity contribution in [3.63, 3.8) is 0 Å². The van der Waals surface area contributed by atoms with E-state index in [1.54, 1.807) is 0 Å². The summed E-state index contributed by atoms with van der Waals surface area (Å²) in [5.74, 6) is 0.889. The molecule has 2 nitrogen and oxygen atoms in total. The molecule has 0 bridgehead atoms. The Bertz CT molecular complexity index is 194. The topological polar surface area (TPSA) is 29.1 Å². The highest BCUT2D eigenvalue weighted by Crippen LogP contribution is 2.45. The molecule has 1 unspecified atom stereocenters. The van der Waals surface area contributed by atoms with Crippen LogP contribution in [0.15, 0.2) is 0 Å². The van der Waals surface area contributed by atoms with E-state index in [-0.39, 0.29) is 5.41 Å². The molecule has 1 aliphatic heterocycles. The summed E-state index contributed by atoms with van der Waals surface area (Å²) < 4.78 is 0. The Hall–Kier alpha value is -0.530. The van der Waals surface area contributed by atoms with Crippen LogP contribution in [0.1, 0.15) is 39.0 Å². The SMILES string of the molecule is CC1CNC(=O)C12CCCCC2. The van der Waals surface area contributed by atoms with Crippen molar-refractivity contribution >= 4 is 5.91 Å². The highest BCUT2D eigenvalue weighted by atomic mass is 16.2. The molecule has 68 valence electrons. The predicted molar refractivity (Wildman–Crippen MR) is 47.7 cm³/mol. The van der Waals surface area contributed by atoms with E-state index in [4.69, 9.17) is 0 Å². The monoisotopic (exact) mass is 167 g/mol. The van der Waals surface area contributed by atoms with Gasteiger partial charge in [0.05, 0.1) is 5.41 Å². The number of hydrogen-bond acceptors (Lipinski definition) is 1. The van der Waals surface area contributed by atoms with Gasteiger partial charge in [-0.1, -0.05) is 26.2 Å². The lowest BCUT2D eigenvalue weighted by Gasteiger charge is -2.34. The van der Waals surface area contributed by atoms with E-state index < -0.39 is 0 Å². The van der Waals surface area contributed by atoms with E-state index in [2.05, 4.69) is 12.2 Å². The van der Waals surface area contributed by atoms with Gasteiger partial charge in [-0.25, -0.2) is 0 Å². The van der Waals surface area contributed by atoms with Gasteiger partial charge in [0.15, 0.2) is 0 Å². The third-order valence-corrected chi connectivity index (χ3v) is 3.71. The molecule has 1 spiro atoms. The predicted octanol–water partition coefficient (Wildman–Crippen LogP) is 1.70. The molecule has 2 fully saturated rings. The highest BCUT2D eigenvalue weighted by Gasteiger charge is 2.47. The zero-order chi connectivity index (χ0) is 8.60. The van der Waals surface area contributed by atoms with Gasteiger partial charge in [-0.2, -0.15) is 0 Å². The van der Waals surface area contributed by atoms with Crippen LogP contribution >= 0.6 is 0 Å². The molecule has 2 heteroatoms. The second-order valence-electron chi connectivity index (χ2n) is 4.33. The van der Waals surface area contributed by atoms with Gasteiger partial charge in [-0.05, 0) is 18.8 Å². The molecule has 12 heavy (non-hydrogen) atoms. The minimum absolute atomic E-state index is 0.0399. The maximum absolute atomic E-state index is 11.7. The van der Waals surface area contributed by atoms with Gasteiger partial charge < -0.3 is 5.32 Å². The van der Waals surface area contributed by atoms with Crippen molar-refractivity contribution in [2.45, 2.75) is 39.0 Å². The van der Waals surface area contributed by atoms with Crippen LogP contribution < -0.4 is 5.32 Å². The van der Waals surface area contributed by atoms with E-state index in [9.17, 15) is 4.79 Å². The van der Waals surface area contributed by atoms with Crippen molar-refractivity contribution in [1.29, 1.82) is 0 Å². The zero-order valence-corrected chi connectivity index (χ0v) is 7.73. The summed E-state index contributed by atoms with van der Waals surface area (Å²) in [6, 6.07) is 0. The second kappa shape index (κ2) is 2.75. The van der Waals surface area contributed by atoms with Crippen molar-refractivity contribution in [3.8, 4) is 0 Å². The summed E-state index contributed by atoms with van der Waals surface area (Å²) in [4.78, 5) is 11.7. The van der Waals surface area contributed by atoms with Gasteiger partial charge in [0.1, 0.15) is 0 Å². The fraction of sp³-hybridized carbons (Fsp3) is 0.900. The van der Waals surface area contributed by atoms with Crippen LogP contribution in [0.3, 0.4) is 0 Å². The molecule has 1 saturated carbocycles. The minimum Gasteiger partial charge on any atom is -0.355 e. The van der Waals surface area contributed by atoms with Crippen LogP contribution in [0.5, 0.6) is 0 Å². The zero-order valence-electron chi connectivity index (χ0n) is 7.73. The maximum atomic E-state index is 11.7. The molecular weight excluding hydrogens is 150 g/mol. The molecule has 1 aliphatic carbocycles. The number of carbonyl (C=O) groups excluding carboxylic acids is 1. The van der Waals surface area contributed by atoms with Crippen molar-refractivity contribution in [3.05, 3.63) is 0 Å². The van der Waals surface area contributed by atoms with E-state index in [1.165, 1.54) is 19.3 Å². The molecule has 1 atom stereocenters. The number of carbonyl (C=O) groups is 1. The van der Waals surface area contributed by atoms with Crippen LogP contribution in [-0.4, -0.2) is 12.5 Å². The molecule has 0 aromatic carbocycles. The lowest BCUT2D eigenvalue weighted by atomic mass is 9.68. The lowest BCUT2D eigenvalue weighted by Crippen LogP contribution is -2.36. The van der Waals surface area contributed by atoms with Crippen LogP contribution in [0.4, 0.5) is 0 Å². The first kappa shape index (κ1) is 8.09. The first-order valence-corrected chi connectivity index (χ1v) is 5.04. The van der Waals surface area contributed by atoms with E-state index in [0.29, 0.717) is 11.8 Å². The quantitative estimate of drug-likeness (QED) is 0.584. The highest BCUT2D eigenvalue weighted by molar-refractivity contribution is 5.85. The second-order valence-corrected chi connectivity index (χ2v) is 4.33. The number of hydrogen-bond donors (Lipinski definition) is 1. The van der Waals surface area contributed by atoms with Crippen molar-refractivity contribution < 1.29 is 4.79 Å². The number of amides is 1. The van der Waals surface area contributed by atoms with Crippen LogP contribution in [0.25, 0.3) is 0 Å².